The quantitative estimate of drug-likeness (QED) is 0.761. The number of carbonyl (C=O) groups excluding carboxylic acids is 1. The third-order valence-corrected chi connectivity index (χ3v) is 5.10. The Bertz CT molecular complexity index is 342. The molecule has 2 fully saturated rings. The number of rotatable bonds is 6. The molecule has 0 saturated carbocycles. The lowest BCUT2D eigenvalue weighted by atomic mass is 9.92. The zero-order valence-corrected chi connectivity index (χ0v) is 14.6. The van der Waals surface area contributed by atoms with Crippen LogP contribution in [0.1, 0.15) is 33.6 Å². The summed E-state index contributed by atoms with van der Waals surface area (Å²) >= 11 is 0. The van der Waals surface area contributed by atoms with E-state index < -0.39 is 0 Å². The second kappa shape index (κ2) is 8.85. The molecule has 0 aromatic heterocycles. The van der Waals surface area contributed by atoms with Gasteiger partial charge in [0.25, 0.3) is 0 Å². The van der Waals surface area contributed by atoms with E-state index >= 15 is 0 Å². The molecule has 0 aromatic rings. The number of carbonyl (C=O) groups is 1. The van der Waals surface area contributed by atoms with E-state index in [2.05, 4.69) is 41.2 Å². The maximum Gasteiger partial charge on any atom is 0.223 e. The van der Waals surface area contributed by atoms with Crippen LogP contribution in [0.3, 0.4) is 0 Å². The molecular formula is C17H34N4O. The second-order valence-corrected chi connectivity index (χ2v) is 7.16. The van der Waals surface area contributed by atoms with Gasteiger partial charge in [-0.15, -0.1) is 0 Å². The first-order valence-electron chi connectivity index (χ1n) is 9.04. The molecule has 22 heavy (non-hydrogen) atoms. The van der Waals surface area contributed by atoms with E-state index in [4.69, 9.17) is 0 Å². The molecule has 128 valence electrons. The molecule has 2 aliphatic heterocycles. The van der Waals surface area contributed by atoms with Crippen molar-refractivity contribution in [3.8, 4) is 0 Å². The van der Waals surface area contributed by atoms with Crippen LogP contribution in [0, 0.1) is 11.8 Å². The van der Waals surface area contributed by atoms with Crippen LogP contribution in [0.2, 0.25) is 0 Å². The summed E-state index contributed by atoms with van der Waals surface area (Å²) in [5.41, 5.74) is 0. The molecule has 1 unspecified atom stereocenters. The molecule has 2 saturated heterocycles. The highest BCUT2D eigenvalue weighted by atomic mass is 16.1. The van der Waals surface area contributed by atoms with Crippen LogP contribution in [-0.4, -0.2) is 74.1 Å². The summed E-state index contributed by atoms with van der Waals surface area (Å²) in [6.07, 6.45) is 1.95. The largest absolute Gasteiger partial charge is 0.356 e. The molecule has 0 bridgehead atoms. The summed E-state index contributed by atoms with van der Waals surface area (Å²) in [5, 5.41) is 6.58. The maximum absolute atomic E-state index is 12.3. The van der Waals surface area contributed by atoms with Gasteiger partial charge in [-0.1, -0.05) is 13.8 Å². The van der Waals surface area contributed by atoms with Crippen LogP contribution in [0.25, 0.3) is 0 Å². The first-order chi connectivity index (χ1) is 10.6. The molecule has 0 aliphatic carbocycles. The van der Waals surface area contributed by atoms with Crippen LogP contribution in [0.5, 0.6) is 0 Å². The van der Waals surface area contributed by atoms with E-state index in [9.17, 15) is 4.79 Å². The summed E-state index contributed by atoms with van der Waals surface area (Å²) in [5.74, 6) is 0.990. The van der Waals surface area contributed by atoms with Crippen molar-refractivity contribution in [3.05, 3.63) is 0 Å². The smallest absolute Gasteiger partial charge is 0.223 e. The lowest BCUT2D eigenvalue weighted by Gasteiger charge is -2.35. The molecule has 0 spiro atoms. The average molecular weight is 310 g/mol. The van der Waals surface area contributed by atoms with Crippen molar-refractivity contribution in [1.82, 2.24) is 20.4 Å². The molecule has 2 aliphatic rings. The molecule has 0 aromatic carbocycles. The standard InChI is InChI=1S/C17H34N4O/c1-4-20-7-9-21(10-8-20)13-14(2)12-19-17(22)16-5-6-18-15(3)11-16/h14-16,18H,4-13H2,1-3H3,(H,19,22)/t14?,15-,16-/m0/s1. The fourth-order valence-electron chi connectivity index (χ4n) is 3.58. The fourth-order valence-corrected chi connectivity index (χ4v) is 3.58. The van der Waals surface area contributed by atoms with Crippen molar-refractivity contribution in [3.63, 3.8) is 0 Å². The van der Waals surface area contributed by atoms with Crippen LogP contribution in [0.15, 0.2) is 0 Å². The van der Waals surface area contributed by atoms with Gasteiger partial charge in [0.15, 0.2) is 0 Å². The first kappa shape index (κ1) is 17.7. The molecule has 3 atom stereocenters. The molecular weight excluding hydrogens is 276 g/mol. The highest BCUT2D eigenvalue weighted by Crippen LogP contribution is 2.16. The van der Waals surface area contributed by atoms with E-state index in [0.717, 1.165) is 52.1 Å². The molecule has 5 heteroatoms. The summed E-state index contributed by atoms with van der Waals surface area (Å²) < 4.78 is 0. The van der Waals surface area contributed by atoms with Crippen molar-refractivity contribution in [2.45, 2.75) is 39.7 Å². The predicted octanol–water partition coefficient (Wildman–Crippen LogP) is 0.764. The Hall–Kier alpha value is -0.650. The van der Waals surface area contributed by atoms with Gasteiger partial charge in [0, 0.05) is 51.2 Å². The molecule has 2 N–H and O–H groups in total. The van der Waals surface area contributed by atoms with Crippen molar-refractivity contribution in [1.29, 1.82) is 0 Å². The molecule has 1 amide bonds. The Morgan fingerprint density at radius 1 is 1.27 bits per heavy atom. The molecule has 0 radical (unpaired) electrons. The van der Waals surface area contributed by atoms with Crippen molar-refractivity contribution in [2.75, 3.05) is 52.4 Å². The lowest BCUT2D eigenvalue weighted by molar-refractivity contribution is -0.126. The monoisotopic (exact) mass is 310 g/mol. The lowest BCUT2D eigenvalue weighted by Crippen LogP contribution is -2.48. The Morgan fingerprint density at radius 3 is 2.59 bits per heavy atom. The van der Waals surface area contributed by atoms with Crippen molar-refractivity contribution < 1.29 is 4.79 Å². The number of nitrogens with zero attached hydrogens (tertiary/aromatic N) is 2. The van der Waals surface area contributed by atoms with E-state index in [0.29, 0.717) is 12.0 Å². The van der Waals surface area contributed by atoms with Gasteiger partial charge in [-0.2, -0.15) is 0 Å². The normalized spacial score (nSPS) is 29.2. The van der Waals surface area contributed by atoms with Crippen LogP contribution in [0.4, 0.5) is 0 Å². The Labute approximate surface area is 135 Å². The Balaban J connectivity index is 1.63. The van der Waals surface area contributed by atoms with Crippen molar-refractivity contribution in [2.24, 2.45) is 11.8 Å². The maximum atomic E-state index is 12.3. The van der Waals surface area contributed by atoms with Crippen LogP contribution in [-0.2, 0) is 4.79 Å². The molecule has 2 heterocycles. The minimum atomic E-state index is 0.205. The number of piperidine rings is 1. The fraction of sp³-hybridized carbons (Fsp3) is 0.941. The minimum absolute atomic E-state index is 0.205. The van der Waals surface area contributed by atoms with Crippen LogP contribution >= 0.6 is 0 Å². The summed E-state index contributed by atoms with van der Waals surface area (Å²) in [6.45, 7) is 15.4. The zero-order valence-electron chi connectivity index (χ0n) is 14.6. The number of amides is 1. The topological polar surface area (TPSA) is 47.6 Å². The molecule has 5 nitrogen and oxygen atoms in total. The van der Waals surface area contributed by atoms with Gasteiger partial charge >= 0.3 is 0 Å². The zero-order chi connectivity index (χ0) is 15.9. The second-order valence-electron chi connectivity index (χ2n) is 7.16. The predicted molar refractivity (Wildman–Crippen MR) is 90.9 cm³/mol. The van der Waals surface area contributed by atoms with E-state index in [1.54, 1.807) is 0 Å². The van der Waals surface area contributed by atoms with Crippen LogP contribution < -0.4 is 10.6 Å². The average Bonchev–Trinajstić information content (AvgIpc) is 2.53. The highest BCUT2D eigenvalue weighted by Gasteiger charge is 2.25. The number of hydrogen-bond acceptors (Lipinski definition) is 4. The van der Waals surface area contributed by atoms with Gasteiger partial charge in [0.05, 0.1) is 0 Å². The van der Waals surface area contributed by atoms with E-state index in [-0.39, 0.29) is 11.8 Å². The number of likely N-dealkylation sites (N-methyl/N-ethyl adjacent to an activating group) is 1. The number of nitrogens with one attached hydrogen (secondary N) is 2. The Kier molecular flexibility index (Phi) is 7.12. The van der Waals surface area contributed by atoms with Gasteiger partial charge < -0.3 is 20.4 Å². The van der Waals surface area contributed by atoms with Gasteiger partial charge in [0.1, 0.15) is 0 Å². The van der Waals surface area contributed by atoms with Gasteiger partial charge in [-0.3, -0.25) is 4.79 Å². The number of hydrogen-bond donors (Lipinski definition) is 2. The van der Waals surface area contributed by atoms with E-state index in [1.807, 2.05) is 0 Å². The van der Waals surface area contributed by atoms with Gasteiger partial charge in [-0.25, -0.2) is 0 Å². The summed E-state index contributed by atoms with van der Waals surface area (Å²) in [6, 6.07) is 0.469. The third-order valence-electron chi connectivity index (χ3n) is 5.10. The van der Waals surface area contributed by atoms with Gasteiger partial charge in [0.2, 0.25) is 5.91 Å². The Morgan fingerprint density at radius 2 is 1.95 bits per heavy atom. The van der Waals surface area contributed by atoms with E-state index in [1.165, 1.54) is 13.1 Å². The van der Waals surface area contributed by atoms with Crippen molar-refractivity contribution >= 4 is 5.91 Å². The highest BCUT2D eigenvalue weighted by molar-refractivity contribution is 5.78. The molecule has 2 rings (SSSR count). The summed E-state index contributed by atoms with van der Waals surface area (Å²) in [7, 11) is 0. The SMILES string of the molecule is CCN1CCN(CC(C)CNC(=O)[C@H]2CCN[C@@H](C)C2)CC1. The summed E-state index contributed by atoms with van der Waals surface area (Å²) in [4.78, 5) is 17.3. The van der Waals surface area contributed by atoms with Gasteiger partial charge in [-0.05, 0) is 38.8 Å². The number of piperazine rings is 1. The first-order valence-corrected chi connectivity index (χ1v) is 9.04. The minimum Gasteiger partial charge on any atom is -0.356 e. The third kappa shape index (κ3) is 5.52.